The van der Waals surface area contributed by atoms with Gasteiger partial charge in [-0.15, -0.1) is 0 Å². The van der Waals surface area contributed by atoms with Gasteiger partial charge in [0.1, 0.15) is 23.0 Å². The first-order chi connectivity index (χ1) is 8.84. The van der Waals surface area contributed by atoms with E-state index in [1.54, 1.807) is 0 Å². The number of halogens is 4. The molecule has 1 atom stereocenters. The minimum Gasteiger partial charge on any atom is -0.482 e. The zero-order chi connectivity index (χ0) is 14.2. The fourth-order valence-corrected chi connectivity index (χ4v) is 2.59. The van der Waals surface area contributed by atoms with Crippen LogP contribution in [0.15, 0.2) is 34.5 Å². The highest BCUT2D eigenvalue weighted by atomic mass is 79.9. The Balaban J connectivity index is 2.62. The minimum atomic E-state index is -2.00. The normalized spacial score (nSPS) is 22.8. The van der Waals surface area contributed by atoms with Gasteiger partial charge in [-0.1, -0.05) is 28.1 Å². The molecule has 1 aromatic rings. The van der Waals surface area contributed by atoms with Crippen LogP contribution in [0.2, 0.25) is 0 Å². The molecule has 0 aromatic heterocycles. The molecular formula is C12H9BrF3NOS. The van der Waals surface area contributed by atoms with Crippen LogP contribution in [-0.2, 0) is 10.3 Å². The van der Waals surface area contributed by atoms with E-state index in [4.69, 9.17) is 17.0 Å². The fourth-order valence-electron chi connectivity index (χ4n) is 1.97. The van der Waals surface area contributed by atoms with Gasteiger partial charge in [0, 0.05) is 10.0 Å². The van der Waals surface area contributed by atoms with Crippen molar-refractivity contribution in [3.8, 4) is 0 Å². The van der Waals surface area contributed by atoms with E-state index in [9.17, 15) is 13.2 Å². The molecule has 0 bridgehead atoms. The quantitative estimate of drug-likeness (QED) is 0.776. The average Bonchev–Trinajstić information content (AvgIpc) is 2.31. The maximum Gasteiger partial charge on any atom is 0.310 e. The summed E-state index contributed by atoms with van der Waals surface area (Å²) in [4.78, 5) is 0.242. The maximum atomic E-state index is 13.9. The van der Waals surface area contributed by atoms with Gasteiger partial charge in [0.15, 0.2) is 5.76 Å². The molecule has 2 nitrogen and oxygen atoms in total. The highest BCUT2D eigenvalue weighted by Crippen LogP contribution is 2.37. The minimum absolute atomic E-state index is 0.0340. The van der Waals surface area contributed by atoms with Gasteiger partial charge in [-0.25, -0.2) is 4.39 Å². The molecule has 1 aromatic carbocycles. The monoisotopic (exact) mass is 351 g/mol. The second kappa shape index (κ2) is 5.13. The molecule has 1 heterocycles. The summed E-state index contributed by atoms with van der Waals surface area (Å²) >= 11 is 8.12. The second-order valence-corrected chi connectivity index (χ2v) is 5.58. The van der Waals surface area contributed by atoms with E-state index < -0.39 is 23.2 Å². The van der Waals surface area contributed by atoms with E-state index in [0.29, 0.717) is 4.47 Å². The topological polar surface area (TPSA) is 21.3 Å². The lowest BCUT2D eigenvalue weighted by atomic mass is 9.88. The fraction of sp³-hybridized carbons (Fsp3) is 0.250. The Morgan fingerprint density at radius 2 is 2.16 bits per heavy atom. The summed E-state index contributed by atoms with van der Waals surface area (Å²) in [6.07, 6.45) is -2.00. The Labute approximate surface area is 121 Å². The van der Waals surface area contributed by atoms with E-state index >= 15 is 0 Å². The molecule has 0 amide bonds. The lowest BCUT2D eigenvalue weighted by Gasteiger charge is -2.38. The van der Waals surface area contributed by atoms with Gasteiger partial charge in [0.2, 0.25) is 0 Å². The molecule has 1 fully saturated rings. The Kier molecular flexibility index (Phi) is 3.87. The van der Waals surface area contributed by atoms with Crippen molar-refractivity contribution in [2.75, 3.05) is 6.61 Å². The summed E-state index contributed by atoms with van der Waals surface area (Å²) in [5.74, 6) is -1.23. The van der Waals surface area contributed by atoms with Crippen molar-refractivity contribution in [1.82, 2.24) is 5.32 Å². The standard InChI is InChI=1S/C12H9BrF3NOS/c1-12(7-4-6(13)2-3-8(7)14)10(11(15)16)18-5-9(19)17-12/h2-4H,5H2,1H3,(H,17,19). The molecule has 1 unspecified atom stereocenters. The van der Waals surface area contributed by atoms with E-state index in [2.05, 4.69) is 21.2 Å². The zero-order valence-electron chi connectivity index (χ0n) is 9.77. The molecule has 1 saturated heterocycles. The first kappa shape index (κ1) is 14.3. The Morgan fingerprint density at radius 3 is 2.79 bits per heavy atom. The van der Waals surface area contributed by atoms with Gasteiger partial charge in [-0.2, -0.15) is 8.78 Å². The zero-order valence-corrected chi connectivity index (χ0v) is 12.2. The van der Waals surface area contributed by atoms with E-state index in [1.165, 1.54) is 25.1 Å². The summed E-state index contributed by atoms with van der Waals surface area (Å²) in [7, 11) is 0. The van der Waals surface area contributed by atoms with Gasteiger partial charge in [-0.3, -0.25) is 0 Å². The number of rotatable bonds is 1. The van der Waals surface area contributed by atoms with Crippen LogP contribution in [-0.4, -0.2) is 11.6 Å². The largest absolute Gasteiger partial charge is 0.482 e. The van der Waals surface area contributed by atoms with E-state index in [0.717, 1.165) is 0 Å². The lowest BCUT2D eigenvalue weighted by Crippen LogP contribution is -2.51. The summed E-state index contributed by atoms with van der Waals surface area (Å²) in [6.45, 7) is 1.25. The van der Waals surface area contributed by atoms with Crippen molar-refractivity contribution in [1.29, 1.82) is 0 Å². The second-order valence-electron chi connectivity index (χ2n) is 4.18. The molecule has 1 aliphatic rings. The first-order valence-corrected chi connectivity index (χ1v) is 6.50. The van der Waals surface area contributed by atoms with Crippen LogP contribution >= 0.6 is 28.1 Å². The van der Waals surface area contributed by atoms with Crippen LogP contribution in [0.25, 0.3) is 0 Å². The molecule has 0 radical (unpaired) electrons. The van der Waals surface area contributed by atoms with Crippen molar-refractivity contribution in [3.63, 3.8) is 0 Å². The molecule has 1 N–H and O–H groups in total. The molecule has 2 rings (SSSR count). The predicted octanol–water partition coefficient (Wildman–Crippen LogP) is 3.86. The first-order valence-electron chi connectivity index (χ1n) is 5.29. The Morgan fingerprint density at radius 1 is 1.47 bits per heavy atom. The van der Waals surface area contributed by atoms with Gasteiger partial charge in [0.25, 0.3) is 0 Å². The molecular weight excluding hydrogens is 343 g/mol. The summed E-state index contributed by atoms with van der Waals surface area (Å²) in [5.41, 5.74) is -1.49. The van der Waals surface area contributed by atoms with Crippen LogP contribution in [0.4, 0.5) is 13.2 Å². The predicted molar refractivity (Wildman–Crippen MR) is 72.4 cm³/mol. The molecule has 7 heteroatoms. The van der Waals surface area contributed by atoms with Crippen molar-refractivity contribution < 1.29 is 17.9 Å². The van der Waals surface area contributed by atoms with Crippen LogP contribution < -0.4 is 5.32 Å². The molecule has 19 heavy (non-hydrogen) atoms. The number of hydrogen-bond donors (Lipinski definition) is 1. The SMILES string of the molecule is CC1(c2cc(Br)ccc2F)NC(=S)COC1=C(F)F. The van der Waals surface area contributed by atoms with E-state index in [-0.39, 0.29) is 17.2 Å². The lowest BCUT2D eigenvalue weighted by molar-refractivity contribution is 0.141. The van der Waals surface area contributed by atoms with Crippen LogP contribution in [0.1, 0.15) is 12.5 Å². The van der Waals surface area contributed by atoms with Crippen molar-refractivity contribution in [2.45, 2.75) is 12.5 Å². The van der Waals surface area contributed by atoms with Gasteiger partial charge in [0.05, 0.1) is 0 Å². The Hall–Kier alpha value is -1.08. The summed E-state index contributed by atoms with van der Waals surface area (Å²) in [6, 6.07) is 4.10. The number of nitrogens with one attached hydrogen (secondary N) is 1. The third-order valence-electron chi connectivity index (χ3n) is 2.83. The number of hydrogen-bond acceptors (Lipinski definition) is 2. The number of thiocarbonyl (C=S) groups is 1. The number of morpholine rings is 1. The van der Waals surface area contributed by atoms with Crippen molar-refractivity contribution >= 4 is 33.1 Å². The third kappa shape index (κ3) is 2.62. The van der Waals surface area contributed by atoms with Gasteiger partial charge in [-0.05, 0) is 25.1 Å². The molecule has 0 saturated carbocycles. The number of benzene rings is 1. The van der Waals surface area contributed by atoms with Crippen LogP contribution in [0.3, 0.4) is 0 Å². The molecule has 102 valence electrons. The summed E-state index contributed by atoms with van der Waals surface area (Å²) < 4.78 is 45.5. The van der Waals surface area contributed by atoms with Gasteiger partial charge >= 0.3 is 6.08 Å². The van der Waals surface area contributed by atoms with E-state index in [1.807, 2.05) is 0 Å². The average molecular weight is 352 g/mol. The molecule has 0 spiro atoms. The highest BCUT2D eigenvalue weighted by molar-refractivity contribution is 9.10. The van der Waals surface area contributed by atoms with Crippen LogP contribution in [0, 0.1) is 5.82 Å². The highest BCUT2D eigenvalue weighted by Gasteiger charge is 2.42. The molecule has 0 aliphatic carbocycles. The molecule has 1 aliphatic heterocycles. The smallest absolute Gasteiger partial charge is 0.310 e. The maximum absolute atomic E-state index is 13.9. The third-order valence-corrected chi connectivity index (χ3v) is 3.54. The number of ether oxygens (including phenoxy) is 1. The Bertz CT molecular complexity index is 574. The summed E-state index contributed by atoms with van der Waals surface area (Å²) in [5, 5.41) is 2.72. The van der Waals surface area contributed by atoms with Gasteiger partial charge < -0.3 is 10.1 Å². The van der Waals surface area contributed by atoms with Crippen LogP contribution in [0.5, 0.6) is 0 Å². The van der Waals surface area contributed by atoms with Crippen molar-refractivity contribution in [3.05, 3.63) is 45.9 Å². The van der Waals surface area contributed by atoms with Crippen molar-refractivity contribution in [2.24, 2.45) is 0 Å².